The topological polar surface area (TPSA) is 70.0 Å². The van der Waals surface area contributed by atoms with Crippen LogP contribution in [-0.2, 0) is 0 Å². The van der Waals surface area contributed by atoms with Crippen LogP contribution in [0.5, 0.6) is 0 Å². The van der Waals surface area contributed by atoms with Gasteiger partial charge in [0, 0.05) is 12.3 Å². The van der Waals surface area contributed by atoms with E-state index in [0.717, 1.165) is 0 Å². The molecule has 4 heteroatoms. The van der Waals surface area contributed by atoms with Gasteiger partial charge in [-0.2, -0.15) is 0 Å². The van der Waals surface area contributed by atoms with Gasteiger partial charge in [-0.05, 0) is 0 Å². The summed E-state index contributed by atoms with van der Waals surface area (Å²) in [5.41, 5.74) is 0. The van der Waals surface area contributed by atoms with Crippen molar-refractivity contribution >= 4 is 0 Å². The van der Waals surface area contributed by atoms with Crippen LogP contribution < -0.4 is 12.3 Å². The first kappa shape index (κ1) is 409. The molecule has 0 atom stereocenters. The summed E-state index contributed by atoms with van der Waals surface area (Å²) in [6.07, 6.45) is 0. The van der Waals surface area contributed by atoms with Gasteiger partial charge in [0.25, 0.3) is 0 Å². The summed E-state index contributed by atoms with van der Waals surface area (Å²) in [6.45, 7) is 0. The molecule has 0 aromatic heterocycles. The van der Waals surface area contributed by atoms with Crippen LogP contribution >= 0.6 is 0 Å². The molecule has 0 saturated carbocycles. The third-order valence-corrected chi connectivity index (χ3v) is 0. The third-order valence-electron chi connectivity index (χ3n) is 0. The first-order valence-corrected chi connectivity index (χ1v) is 0. The maximum absolute atomic E-state index is 0. The van der Waals surface area contributed by atoms with Gasteiger partial charge in [-0.1, -0.05) is 0 Å². The Hall–Kier alpha value is -0.262. The molecule has 0 radical (unpaired) electrons. The van der Waals surface area contributed by atoms with Crippen LogP contribution in [0.2, 0.25) is 0 Å². The van der Waals surface area contributed by atoms with Crippen molar-refractivity contribution in [3.05, 3.63) is 0 Å². The minimum Gasteiger partial charge on any atom is -0.344 e. The Kier molecular flexibility index (Phi) is 12300. The normalized spacial score (nSPS) is 0. The first-order valence-electron chi connectivity index (χ1n) is 0. The fourth-order valence-corrected chi connectivity index (χ4v) is 0. The van der Waals surface area contributed by atoms with Gasteiger partial charge < -0.3 is 12.3 Å². The maximum Gasteiger partial charge on any atom is 0 e. The van der Waals surface area contributed by atoms with Crippen molar-refractivity contribution in [2.45, 2.75) is 0 Å². The quantitative estimate of drug-likeness (QED) is 0.410. The van der Waals surface area contributed by atoms with Gasteiger partial charge >= 0.3 is 0 Å². The molecule has 0 aliphatic heterocycles. The van der Waals surface area contributed by atoms with E-state index in [4.69, 9.17) is 0 Å². The molecule has 0 aliphatic carbocycles. The Morgan fingerprint density at radius 2 is 0.500 bits per heavy atom. The number of hydrogen-bond donors (Lipinski definition) is 2. The van der Waals surface area contributed by atoms with Gasteiger partial charge in [0.15, 0.2) is 0 Å². The molecule has 0 heterocycles. The van der Waals surface area contributed by atoms with Crippen molar-refractivity contribution in [2.75, 3.05) is 0 Å². The van der Waals surface area contributed by atoms with Crippen LogP contribution in [-0.4, -0.2) is 0 Å². The average molecular weight is 42.1 g/mol. The van der Waals surface area contributed by atoms with E-state index in [1.165, 1.54) is 0 Å². The summed E-state index contributed by atoms with van der Waals surface area (Å²) in [6, 6.07) is 0. The summed E-state index contributed by atoms with van der Waals surface area (Å²) in [7, 11) is 0. The minimum absolute atomic E-state index is 0. The van der Waals surface area contributed by atoms with E-state index < -0.39 is 0 Å². The molecule has 0 aliphatic rings. The molecule has 2 nitrogen and oxygen atoms in total. The van der Waals surface area contributed by atoms with E-state index >= 15 is 0 Å². The average Bonchev–Trinajstić information content (AvgIpc) is 0. The van der Waals surface area contributed by atoms with Crippen molar-refractivity contribution in [2.24, 2.45) is 0 Å². The Labute approximate surface area is 25.9 Å². The van der Waals surface area contributed by atoms with E-state index in [1.54, 1.807) is 0 Å². The second-order valence-corrected chi connectivity index (χ2v) is 0. The molecule has 0 aromatic carbocycles. The van der Waals surface area contributed by atoms with Crippen molar-refractivity contribution in [3.8, 4) is 0 Å². The zero-order chi connectivity index (χ0) is 0. The molecule has 0 rings (SSSR count). The number of hydrogen-bond acceptors (Lipinski definition) is 2. The molecule has 0 aromatic rings. The van der Waals surface area contributed by atoms with Crippen LogP contribution in [0.3, 0.4) is 0 Å². The van der Waals surface area contributed by atoms with E-state index in [2.05, 4.69) is 0 Å². The van der Waals surface area contributed by atoms with Crippen molar-refractivity contribution in [1.82, 2.24) is 12.3 Å². The van der Waals surface area contributed by atoms with Gasteiger partial charge in [0.2, 0.25) is 0 Å². The largest absolute Gasteiger partial charge is 0.344 e. The fraction of sp³-hybridized carbons (Fsp3) is 0. The first-order chi connectivity index (χ1) is 0. The zero-order valence-corrected chi connectivity index (χ0v) is 2.83. The standard InChI is InChI=1S/2He.2H3N/h;;2*1H3. The summed E-state index contributed by atoms with van der Waals surface area (Å²) in [5, 5.41) is 0. The van der Waals surface area contributed by atoms with Gasteiger partial charge in [-0.3, -0.25) is 0 Å². The number of rotatable bonds is 0. The molecule has 0 fully saturated rings. The summed E-state index contributed by atoms with van der Waals surface area (Å²) >= 11 is 0. The van der Waals surface area contributed by atoms with Crippen LogP contribution in [0.15, 0.2) is 0 Å². The third kappa shape index (κ3) is 13.8. The van der Waals surface area contributed by atoms with E-state index in [9.17, 15) is 0 Å². The zero-order valence-electron chi connectivity index (χ0n) is 2.83. The molecular formula is H6He2N2. The van der Waals surface area contributed by atoms with Crippen LogP contribution in [0.4, 0.5) is 0 Å². The second-order valence-electron chi connectivity index (χ2n) is 0. The molecule has 0 unspecified atom stereocenters. The van der Waals surface area contributed by atoms with E-state index in [0.29, 0.717) is 0 Å². The van der Waals surface area contributed by atoms with E-state index in [-0.39, 0.29) is 24.6 Å². The van der Waals surface area contributed by atoms with E-state index in [1.807, 2.05) is 0 Å². The summed E-state index contributed by atoms with van der Waals surface area (Å²) in [4.78, 5) is 0. The molecule has 0 spiro atoms. The molecular weight excluding hydrogens is 36.0 g/mol. The Morgan fingerprint density at radius 1 is 0.500 bits per heavy atom. The minimum atomic E-state index is 0. The summed E-state index contributed by atoms with van der Waals surface area (Å²) < 4.78 is 0. The monoisotopic (exact) mass is 42.1 g/mol. The maximum atomic E-state index is 0. The van der Waals surface area contributed by atoms with Crippen LogP contribution in [0, 0.1) is 12.3 Å². The Balaban J connectivity index is 0. The molecule has 0 bridgehead atoms. The second kappa shape index (κ2) is 121. The van der Waals surface area contributed by atoms with Gasteiger partial charge in [0.05, 0.1) is 0 Å². The van der Waals surface area contributed by atoms with Crippen molar-refractivity contribution in [1.29, 1.82) is 0 Å². The fourth-order valence-electron chi connectivity index (χ4n) is 0. The molecule has 20 valence electrons. The van der Waals surface area contributed by atoms with Crippen LogP contribution in [0.1, 0.15) is 0 Å². The Bertz CT molecular complexity index is 4.00. The Morgan fingerprint density at radius 3 is 0.500 bits per heavy atom. The SMILES string of the molecule is N.N.[He].[He]. The molecule has 6 N–H and O–H groups in total. The summed E-state index contributed by atoms with van der Waals surface area (Å²) in [5.74, 6) is 0. The van der Waals surface area contributed by atoms with Crippen molar-refractivity contribution in [3.63, 3.8) is 0 Å². The van der Waals surface area contributed by atoms with Gasteiger partial charge in [0.1, 0.15) is 0 Å². The van der Waals surface area contributed by atoms with Crippen LogP contribution in [0.25, 0.3) is 0 Å². The molecule has 0 amide bonds. The van der Waals surface area contributed by atoms with Crippen molar-refractivity contribution < 1.29 is 12.3 Å². The molecule has 4 heavy (non-hydrogen) atoms. The predicted molar refractivity (Wildman–Crippen MR) is 10.0 cm³/mol. The predicted octanol–water partition coefficient (Wildman–Crippen LogP) is 0.324. The van der Waals surface area contributed by atoms with Gasteiger partial charge in [-0.15, -0.1) is 0 Å². The smallest absolute Gasteiger partial charge is 0 e. The molecule has 0 saturated heterocycles. The van der Waals surface area contributed by atoms with Gasteiger partial charge in [-0.25, -0.2) is 0 Å².